The fraction of sp³-hybridized carbons (Fsp3) is 1.00. The molecule has 0 amide bonds. The zero-order valence-electron chi connectivity index (χ0n) is 8.77. The Labute approximate surface area is 103 Å². The molecule has 0 aliphatic carbocycles. The van der Waals surface area contributed by atoms with Crippen molar-refractivity contribution in [2.75, 3.05) is 18.1 Å². The third kappa shape index (κ3) is 3.76. The van der Waals surface area contributed by atoms with Gasteiger partial charge in [-0.3, -0.25) is 0 Å². The van der Waals surface area contributed by atoms with Gasteiger partial charge in [0.25, 0.3) is 0 Å². The van der Waals surface area contributed by atoms with Crippen molar-refractivity contribution in [2.24, 2.45) is 0 Å². The van der Waals surface area contributed by atoms with Gasteiger partial charge in [-0.05, 0) is 17.9 Å². The summed E-state index contributed by atoms with van der Waals surface area (Å²) in [4.78, 5) is 0. The lowest BCUT2D eigenvalue weighted by molar-refractivity contribution is -0.111. The van der Waals surface area contributed by atoms with Crippen LogP contribution in [0.2, 0.25) is 0 Å². The highest BCUT2D eigenvalue weighted by molar-refractivity contribution is 8.17. The van der Waals surface area contributed by atoms with E-state index < -0.39 is 31.0 Å². The molecule has 1 saturated heterocycles. The monoisotopic (exact) mass is 270 g/mol. The van der Waals surface area contributed by atoms with E-state index in [2.05, 4.69) is 0 Å². The Morgan fingerprint density at radius 2 is 1.56 bits per heavy atom. The first-order chi connectivity index (χ1) is 7.57. The molecular formula is C9H18O5S2. The van der Waals surface area contributed by atoms with Crippen molar-refractivity contribution < 1.29 is 25.5 Å². The minimum atomic E-state index is -1.52. The first-order valence-corrected chi connectivity index (χ1v) is 7.24. The second-order valence-electron chi connectivity index (χ2n) is 3.69. The molecule has 0 saturated carbocycles. The predicted molar refractivity (Wildman–Crippen MR) is 64.4 cm³/mol. The maximum atomic E-state index is 9.81. The summed E-state index contributed by atoms with van der Waals surface area (Å²) in [6, 6.07) is 0. The van der Waals surface area contributed by atoms with Gasteiger partial charge in [-0.2, -0.15) is 0 Å². The van der Waals surface area contributed by atoms with E-state index in [1.165, 1.54) is 23.5 Å². The van der Waals surface area contributed by atoms with Crippen LogP contribution in [0, 0.1) is 0 Å². The zero-order valence-corrected chi connectivity index (χ0v) is 10.4. The second kappa shape index (κ2) is 7.05. The largest absolute Gasteiger partial charge is 0.394 e. The van der Waals surface area contributed by atoms with E-state index in [1.807, 2.05) is 0 Å². The fourth-order valence-corrected chi connectivity index (χ4v) is 4.35. The molecule has 0 spiro atoms. The maximum Gasteiger partial charge on any atom is 0.111 e. The summed E-state index contributed by atoms with van der Waals surface area (Å²) in [6.07, 6.45) is -4.43. The molecule has 16 heavy (non-hydrogen) atoms. The van der Waals surface area contributed by atoms with Gasteiger partial charge in [0.1, 0.15) is 24.4 Å². The van der Waals surface area contributed by atoms with E-state index in [9.17, 15) is 15.3 Å². The summed E-state index contributed by atoms with van der Waals surface area (Å²) in [5, 5.41) is 46.7. The molecule has 1 heterocycles. The predicted octanol–water partition coefficient (Wildman–Crippen LogP) is -1.38. The highest BCUT2D eigenvalue weighted by Gasteiger charge is 2.35. The molecule has 1 aliphatic rings. The van der Waals surface area contributed by atoms with Gasteiger partial charge < -0.3 is 25.5 Å². The van der Waals surface area contributed by atoms with Gasteiger partial charge in [-0.15, -0.1) is 23.5 Å². The summed E-state index contributed by atoms with van der Waals surface area (Å²) < 4.78 is -0.190. The second-order valence-corrected chi connectivity index (χ2v) is 6.48. The van der Waals surface area contributed by atoms with E-state index in [0.717, 1.165) is 17.9 Å². The van der Waals surface area contributed by atoms with E-state index in [4.69, 9.17) is 10.2 Å². The van der Waals surface area contributed by atoms with Gasteiger partial charge in [-0.1, -0.05) is 0 Å². The molecule has 96 valence electrons. The van der Waals surface area contributed by atoms with Gasteiger partial charge in [0.05, 0.1) is 11.2 Å². The number of hydrogen-bond donors (Lipinski definition) is 5. The van der Waals surface area contributed by atoms with Crippen LogP contribution in [0.25, 0.3) is 0 Å². The zero-order chi connectivity index (χ0) is 12.1. The summed E-state index contributed by atoms with van der Waals surface area (Å²) >= 11 is 3.07. The van der Waals surface area contributed by atoms with Crippen LogP contribution in [-0.2, 0) is 0 Å². The topological polar surface area (TPSA) is 101 Å². The Morgan fingerprint density at radius 1 is 1.00 bits per heavy atom. The quantitative estimate of drug-likeness (QED) is 0.420. The molecule has 0 aromatic heterocycles. The average molecular weight is 270 g/mol. The summed E-state index contributed by atoms with van der Waals surface area (Å²) in [7, 11) is 0. The van der Waals surface area contributed by atoms with Crippen molar-refractivity contribution >= 4 is 23.5 Å². The fourth-order valence-electron chi connectivity index (χ4n) is 1.40. The Hall–Kier alpha value is 0.500. The normalized spacial score (nSPS) is 26.1. The lowest BCUT2D eigenvalue weighted by atomic mass is 10.0. The maximum absolute atomic E-state index is 9.81. The Morgan fingerprint density at radius 3 is 2.06 bits per heavy atom. The lowest BCUT2D eigenvalue weighted by Crippen LogP contribution is -2.49. The highest BCUT2D eigenvalue weighted by Crippen LogP contribution is 2.34. The summed E-state index contributed by atoms with van der Waals surface area (Å²) in [5.41, 5.74) is 0. The van der Waals surface area contributed by atoms with Crippen molar-refractivity contribution in [2.45, 2.75) is 35.4 Å². The van der Waals surface area contributed by atoms with Crippen LogP contribution < -0.4 is 0 Å². The van der Waals surface area contributed by atoms with E-state index >= 15 is 0 Å². The van der Waals surface area contributed by atoms with Crippen LogP contribution >= 0.6 is 23.5 Å². The Bertz CT molecular complexity index is 194. The van der Waals surface area contributed by atoms with E-state index in [-0.39, 0.29) is 4.58 Å². The number of aliphatic hydroxyl groups excluding tert-OH is 5. The lowest BCUT2D eigenvalue weighted by Gasteiger charge is -2.32. The minimum Gasteiger partial charge on any atom is -0.394 e. The van der Waals surface area contributed by atoms with E-state index in [1.54, 1.807) is 0 Å². The molecule has 0 aromatic rings. The molecule has 5 nitrogen and oxygen atoms in total. The highest BCUT2D eigenvalue weighted by atomic mass is 32.2. The van der Waals surface area contributed by atoms with Gasteiger partial charge in [0.15, 0.2) is 0 Å². The molecule has 4 atom stereocenters. The van der Waals surface area contributed by atoms with Gasteiger partial charge >= 0.3 is 0 Å². The van der Waals surface area contributed by atoms with Crippen molar-refractivity contribution in [3.8, 4) is 0 Å². The molecule has 5 N–H and O–H groups in total. The summed E-state index contributed by atoms with van der Waals surface area (Å²) in [6.45, 7) is -0.643. The average Bonchev–Trinajstić information content (AvgIpc) is 2.36. The van der Waals surface area contributed by atoms with Crippen LogP contribution in [0.3, 0.4) is 0 Å². The molecule has 0 bridgehead atoms. The summed E-state index contributed by atoms with van der Waals surface area (Å²) in [5.74, 6) is 1.83. The molecule has 1 fully saturated rings. The van der Waals surface area contributed by atoms with Crippen LogP contribution in [0.1, 0.15) is 6.42 Å². The molecular weight excluding hydrogens is 252 g/mol. The van der Waals surface area contributed by atoms with Gasteiger partial charge in [-0.25, -0.2) is 0 Å². The van der Waals surface area contributed by atoms with E-state index in [0.29, 0.717) is 0 Å². The Kier molecular flexibility index (Phi) is 6.42. The SMILES string of the molecule is OC[C@@H](O)[C@H](O)[C@@H](O)[C@@H](O)C1SCCCS1. The van der Waals surface area contributed by atoms with Crippen LogP contribution in [0.4, 0.5) is 0 Å². The number of thioether (sulfide) groups is 2. The number of hydrogen-bond acceptors (Lipinski definition) is 7. The van der Waals surface area contributed by atoms with Crippen LogP contribution in [0.15, 0.2) is 0 Å². The van der Waals surface area contributed by atoms with Crippen LogP contribution in [0.5, 0.6) is 0 Å². The molecule has 0 unspecified atom stereocenters. The third-order valence-electron chi connectivity index (χ3n) is 2.41. The third-order valence-corrected chi connectivity index (χ3v) is 5.49. The minimum absolute atomic E-state index is 0.190. The molecule has 1 aliphatic heterocycles. The van der Waals surface area contributed by atoms with Crippen molar-refractivity contribution in [1.82, 2.24) is 0 Å². The van der Waals surface area contributed by atoms with Crippen molar-refractivity contribution in [3.63, 3.8) is 0 Å². The first-order valence-electron chi connectivity index (χ1n) is 5.14. The number of rotatable bonds is 5. The Balaban J connectivity index is 2.47. The molecule has 0 radical (unpaired) electrons. The standard InChI is InChI=1S/C9H18O5S2/c10-4-5(11)6(12)7(13)8(14)9-15-2-1-3-16-9/h5-14H,1-4H2/t5-,6+,7-,8-/m1/s1. The van der Waals surface area contributed by atoms with Crippen molar-refractivity contribution in [3.05, 3.63) is 0 Å². The number of aliphatic hydroxyl groups is 5. The van der Waals surface area contributed by atoms with Crippen LogP contribution in [-0.4, -0.2) is 72.6 Å². The smallest absolute Gasteiger partial charge is 0.111 e. The van der Waals surface area contributed by atoms with Gasteiger partial charge in [0.2, 0.25) is 0 Å². The van der Waals surface area contributed by atoms with Crippen molar-refractivity contribution in [1.29, 1.82) is 0 Å². The van der Waals surface area contributed by atoms with Gasteiger partial charge in [0, 0.05) is 0 Å². The molecule has 0 aromatic carbocycles. The molecule has 1 rings (SSSR count). The molecule has 7 heteroatoms. The first kappa shape index (κ1) is 14.6.